The number of hydrogen-bond donors (Lipinski definition) is 10. The molecule has 22 nitrogen and oxygen atoms in total. The number of amides is 4. The SMILES string of the molecule is O=C(O)CN(CC(=O)O)c1c(CC(=O)NCCCCCNC(=O)CCCCC2SCC3NC(=O)NC32)cccc1OCCOC1=CC(=C2c3cc(F)c(O)cc3Oc3cc(O)c(F)cc32)C=CC1=[N+](CC(=O)O)CC(=O)O. The molecule has 4 aliphatic rings. The Balaban J connectivity index is 1.01. The first kappa shape index (κ1) is 56.4. The number of carboxylic acids is 4. The van der Waals surface area contributed by atoms with Crippen LogP contribution in [0.1, 0.15) is 61.6 Å². The van der Waals surface area contributed by atoms with Crippen molar-refractivity contribution in [3.05, 3.63) is 100 Å². The molecule has 7 rings (SSSR count). The van der Waals surface area contributed by atoms with Crippen molar-refractivity contribution < 1.29 is 91.8 Å². The van der Waals surface area contributed by atoms with Gasteiger partial charge >= 0.3 is 29.9 Å². The molecule has 77 heavy (non-hydrogen) atoms. The number of carbonyl (C=O) groups is 7. The third-order valence-corrected chi connectivity index (χ3v) is 14.2. The van der Waals surface area contributed by atoms with Gasteiger partial charge in [-0.15, -0.1) is 0 Å². The van der Waals surface area contributed by atoms with E-state index in [-0.39, 0.29) is 106 Å². The summed E-state index contributed by atoms with van der Waals surface area (Å²) in [6.45, 7) is -3.29. The van der Waals surface area contributed by atoms with Crippen molar-refractivity contribution in [1.29, 1.82) is 0 Å². The smallest absolute Gasteiger partial charge is 0.369 e. The minimum Gasteiger partial charge on any atom is -0.505 e. The number of ether oxygens (including phenoxy) is 3. The van der Waals surface area contributed by atoms with Crippen molar-refractivity contribution >= 4 is 70.5 Å². The molecule has 410 valence electrons. The van der Waals surface area contributed by atoms with Crippen LogP contribution in [-0.4, -0.2) is 158 Å². The standard InChI is InChI=1S/C52H56F2N6O16S/c53-32-19-30-39(21-36(32)61)76-40-22-37(62)33(54)20-31(40)49(30)28-11-12-35(59(23-45(65)66)24-46(67)68)41(17-28)75-16-15-74-38-8-6-7-29(51(38)60(25-47(69)70)26-48(71)72)18-44(64)56-14-5-1-4-13-55-43(63)10-3-2-9-42-50-34(27-77-42)57-52(73)58-50/h6-8,11-12,17,19-22,34,42,50H,1-5,9-10,13-16,18,23-27H2,(H9,55,56,57,58,61,62,63,64,65,66,67,68,69,70,71,72,73)/p+1. The van der Waals surface area contributed by atoms with E-state index in [0.717, 1.165) is 58.8 Å². The van der Waals surface area contributed by atoms with E-state index in [1.54, 1.807) is 0 Å². The molecular weight excluding hydrogens is 1030 g/mol. The number of anilines is 1. The molecule has 0 bridgehead atoms. The number of unbranched alkanes of at least 4 members (excludes halogenated alkanes) is 3. The number of nitrogens with zero attached hydrogens (tertiary/aromatic N) is 2. The monoisotopic (exact) mass is 1090 g/mol. The zero-order chi connectivity index (χ0) is 55.3. The molecular formula is C52H57F2N6O16S+. The van der Waals surface area contributed by atoms with Crippen LogP contribution in [0.3, 0.4) is 0 Å². The number of phenolic OH excluding ortho intramolecular Hbond substituents is 2. The van der Waals surface area contributed by atoms with E-state index in [0.29, 0.717) is 37.5 Å². The summed E-state index contributed by atoms with van der Waals surface area (Å²) in [7, 11) is 0. The van der Waals surface area contributed by atoms with Crippen LogP contribution in [-0.2, 0) is 39.9 Å². The zero-order valence-corrected chi connectivity index (χ0v) is 42.2. The normalized spacial score (nSPS) is 16.9. The van der Waals surface area contributed by atoms with Gasteiger partial charge in [0.25, 0.3) is 0 Å². The lowest BCUT2D eigenvalue weighted by molar-refractivity contribution is -0.508. The van der Waals surface area contributed by atoms with Crippen molar-refractivity contribution in [2.75, 3.05) is 63.1 Å². The number of hydrogen-bond acceptors (Lipinski definition) is 14. The quantitative estimate of drug-likeness (QED) is 0.0228. The highest BCUT2D eigenvalue weighted by molar-refractivity contribution is 8.00. The molecule has 2 saturated heterocycles. The Bertz CT molecular complexity index is 2850. The fourth-order valence-electron chi connectivity index (χ4n) is 9.33. The van der Waals surface area contributed by atoms with E-state index in [1.807, 2.05) is 11.8 Å². The van der Waals surface area contributed by atoms with Gasteiger partial charge in [-0.3, -0.25) is 19.2 Å². The number of urea groups is 1. The number of rotatable bonds is 27. The van der Waals surface area contributed by atoms with E-state index in [9.17, 15) is 73.0 Å². The highest BCUT2D eigenvalue weighted by Gasteiger charge is 2.42. The molecule has 0 spiro atoms. The molecule has 3 aromatic carbocycles. The van der Waals surface area contributed by atoms with Crippen LogP contribution in [0.25, 0.3) is 5.57 Å². The topological polar surface area (TPSA) is 323 Å². The van der Waals surface area contributed by atoms with Gasteiger partial charge in [-0.25, -0.2) is 27.7 Å². The Hall–Kier alpha value is -8.35. The van der Waals surface area contributed by atoms with Gasteiger partial charge in [0.2, 0.25) is 30.6 Å². The number of para-hydroxylation sites is 1. The van der Waals surface area contributed by atoms with Crippen LogP contribution in [0.2, 0.25) is 0 Å². The lowest BCUT2D eigenvalue weighted by Gasteiger charge is -2.26. The average Bonchev–Trinajstić information content (AvgIpc) is 4.06. The molecule has 10 N–H and O–H groups in total. The van der Waals surface area contributed by atoms with Gasteiger partial charge in [0.15, 0.2) is 28.9 Å². The molecule has 1 aliphatic carbocycles. The van der Waals surface area contributed by atoms with E-state index in [2.05, 4.69) is 21.3 Å². The summed E-state index contributed by atoms with van der Waals surface area (Å²) in [6, 6.07) is 8.41. The van der Waals surface area contributed by atoms with Gasteiger partial charge < -0.3 is 71.0 Å². The molecule has 3 atom stereocenters. The highest BCUT2D eigenvalue weighted by atomic mass is 32.2. The van der Waals surface area contributed by atoms with Crippen molar-refractivity contribution in [2.45, 2.75) is 68.7 Å². The maximum atomic E-state index is 15.0. The average molecular weight is 1090 g/mol. The van der Waals surface area contributed by atoms with Gasteiger partial charge in [-0.05, 0) is 73.6 Å². The molecule has 25 heteroatoms. The second-order valence-electron chi connectivity index (χ2n) is 18.3. The minimum atomic E-state index is -1.40. The lowest BCUT2D eigenvalue weighted by Crippen LogP contribution is -2.36. The first-order valence-electron chi connectivity index (χ1n) is 24.6. The van der Waals surface area contributed by atoms with Gasteiger partial charge in [-0.2, -0.15) is 11.8 Å². The Labute approximate surface area is 443 Å². The fraction of sp³-hybridized carbons (Fsp3) is 0.385. The molecule has 3 unspecified atom stereocenters. The number of thioether (sulfide) groups is 1. The van der Waals surface area contributed by atoms with Crippen molar-refractivity contribution in [1.82, 2.24) is 21.3 Å². The third kappa shape index (κ3) is 15.0. The summed E-state index contributed by atoms with van der Waals surface area (Å²) >= 11 is 1.83. The van der Waals surface area contributed by atoms with Gasteiger partial charge in [0, 0.05) is 65.4 Å². The Morgan fingerprint density at radius 2 is 1.39 bits per heavy atom. The minimum absolute atomic E-state index is 0.0181. The van der Waals surface area contributed by atoms with E-state index < -0.39 is 85.7 Å². The zero-order valence-electron chi connectivity index (χ0n) is 41.4. The predicted molar refractivity (Wildman–Crippen MR) is 273 cm³/mol. The van der Waals surface area contributed by atoms with Crippen LogP contribution >= 0.6 is 11.8 Å². The summed E-state index contributed by atoms with van der Waals surface area (Å²) in [4.78, 5) is 86.4. The summed E-state index contributed by atoms with van der Waals surface area (Å²) in [5, 5.41) is 71.4. The van der Waals surface area contributed by atoms with E-state index in [4.69, 9.17) is 14.2 Å². The number of allylic oxidation sites excluding steroid dienone is 4. The number of nitrogens with one attached hydrogen (secondary N) is 4. The Kier molecular flexibility index (Phi) is 19.0. The maximum absolute atomic E-state index is 15.0. The number of carbonyl (C=O) groups excluding carboxylic acids is 3. The number of aliphatic carboxylic acids is 4. The summed E-state index contributed by atoms with van der Waals surface area (Å²) in [5.41, 5.74) is 0.471. The van der Waals surface area contributed by atoms with Gasteiger partial charge in [-0.1, -0.05) is 18.6 Å². The molecule has 0 radical (unpaired) electrons. The lowest BCUT2D eigenvalue weighted by atomic mass is 9.87. The summed E-state index contributed by atoms with van der Waals surface area (Å²) in [5.74, 6) is -9.27. The number of halogens is 2. The summed E-state index contributed by atoms with van der Waals surface area (Å²) < 4.78 is 48.9. The Morgan fingerprint density at radius 3 is 2.01 bits per heavy atom. The fourth-order valence-corrected chi connectivity index (χ4v) is 10.9. The second kappa shape index (κ2) is 25.9. The van der Waals surface area contributed by atoms with Crippen molar-refractivity contribution in [2.24, 2.45) is 0 Å². The number of carboxylic acid groups (broad SMARTS) is 4. The number of fused-ring (bicyclic) bond motifs is 3. The van der Waals surface area contributed by atoms with Gasteiger partial charge in [0.05, 0.1) is 24.2 Å². The largest absolute Gasteiger partial charge is 0.505 e. The highest BCUT2D eigenvalue weighted by Crippen LogP contribution is 2.49. The predicted octanol–water partition coefficient (Wildman–Crippen LogP) is 4.10. The molecule has 0 aromatic heterocycles. The van der Waals surface area contributed by atoms with Crippen LogP contribution in [0.15, 0.2) is 72.0 Å². The molecule has 2 fully saturated rings. The van der Waals surface area contributed by atoms with E-state index in [1.165, 1.54) is 36.4 Å². The van der Waals surface area contributed by atoms with Crippen LogP contribution in [0, 0.1) is 11.6 Å². The van der Waals surface area contributed by atoms with Gasteiger partial charge in [0.1, 0.15) is 43.6 Å². The summed E-state index contributed by atoms with van der Waals surface area (Å²) in [6.07, 6.45) is 8.58. The molecule has 3 aromatic rings. The van der Waals surface area contributed by atoms with Crippen LogP contribution in [0.4, 0.5) is 19.3 Å². The number of phenols is 2. The van der Waals surface area contributed by atoms with Crippen molar-refractivity contribution in [3.8, 4) is 28.7 Å². The first-order valence-corrected chi connectivity index (χ1v) is 25.6. The van der Waals surface area contributed by atoms with Crippen LogP contribution < -0.4 is 35.6 Å². The van der Waals surface area contributed by atoms with Crippen LogP contribution in [0.5, 0.6) is 28.7 Å². The maximum Gasteiger partial charge on any atom is 0.369 e. The molecule has 3 aliphatic heterocycles. The second-order valence-corrected chi connectivity index (χ2v) is 19.6. The number of aromatic hydroxyl groups is 2. The first-order chi connectivity index (χ1) is 36.8. The number of benzene rings is 3. The Morgan fingerprint density at radius 1 is 0.766 bits per heavy atom. The molecule has 0 saturated carbocycles. The molecule has 4 amide bonds. The van der Waals surface area contributed by atoms with Crippen molar-refractivity contribution in [3.63, 3.8) is 0 Å². The molecule has 3 heterocycles. The van der Waals surface area contributed by atoms with E-state index >= 15 is 0 Å². The third-order valence-electron chi connectivity index (χ3n) is 12.7.